The molecule has 0 aromatic heterocycles. The molecule has 0 radical (unpaired) electrons. The molecule has 1 unspecified atom stereocenters. The number of hydrogen-bond donors (Lipinski definition) is 2. The Kier molecular flexibility index (Phi) is 5.85. The summed E-state index contributed by atoms with van der Waals surface area (Å²) in [6.45, 7) is 5.39. The summed E-state index contributed by atoms with van der Waals surface area (Å²) in [6, 6.07) is 0.707. The molecule has 0 aromatic carbocycles. The first-order valence-corrected chi connectivity index (χ1v) is 8.43. The Morgan fingerprint density at radius 1 is 1.25 bits per heavy atom. The summed E-state index contributed by atoms with van der Waals surface area (Å²) in [7, 11) is 0. The van der Waals surface area contributed by atoms with Crippen molar-refractivity contribution in [2.75, 3.05) is 19.6 Å². The molecule has 1 aliphatic heterocycles. The van der Waals surface area contributed by atoms with Crippen molar-refractivity contribution in [1.29, 1.82) is 0 Å². The first-order chi connectivity index (χ1) is 9.62. The van der Waals surface area contributed by atoms with Crippen LogP contribution in [0, 0.1) is 0 Å². The van der Waals surface area contributed by atoms with Crippen LogP contribution in [0.4, 0.5) is 0 Å². The molecule has 2 fully saturated rings. The molecule has 1 aliphatic carbocycles. The molecule has 1 heterocycles. The smallest absolute Gasteiger partial charge is 0.240 e. The normalized spacial score (nSPS) is 27.2. The lowest BCUT2D eigenvalue weighted by Crippen LogP contribution is -2.55. The van der Waals surface area contributed by atoms with Gasteiger partial charge in [-0.2, -0.15) is 0 Å². The van der Waals surface area contributed by atoms with Gasteiger partial charge >= 0.3 is 0 Å². The van der Waals surface area contributed by atoms with Gasteiger partial charge in [-0.25, -0.2) is 0 Å². The van der Waals surface area contributed by atoms with Crippen molar-refractivity contribution in [2.24, 2.45) is 5.73 Å². The first-order valence-electron chi connectivity index (χ1n) is 8.43. The van der Waals surface area contributed by atoms with Crippen LogP contribution in [-0.4, -0.2) is 42.0 Å². The molecular weight excluding hydrogens is 250 g/mol. The van der Waals surface area contributed by atoms with E-state index in [0.29, 0.717) is 6.04 Å². The van der Waals surface area contributed by atoms with Crippen molar-refractivity contribution in [3.8, 4) is 0 Å². The van der Waals surface area contributed by atoms with Crippen LogP contribution in [0.25, 0.3) is 0 Å². The number of nitrogens with zero attached hydrogens (tertiary/aromatic N) is 1. The van der Waals surface area contributed by atoms with Crippen LogP contribution in [0.15, 0.2) is 0 Å². The maximum atomic E-state index is 12.2. The number of carbonyl (C=O) groups excluding carboxylic acids is 1. The summed E-state index contributed by atoms with van der Waals surface area (Å²) in [4.78, 5) is 14.7. The van der Waals surface area contributed by atoms with Gasteiger partial charge in [-0.1, -0.05) is 25.7 Å². The van der Waals surface area contributed by atoms with E-state index in [1.165, 1.54) is 32.2 Å². The SMILES string of the molecule is CC1CCCCN1CCCNC(=O)C1(N)CCCCC1. The molecular formula is C16H31N3O. The van der Waals surface area contributed by atoms with E-state index >= 15 is 0 Å². The van der Waals surface area contributed by atoms with Crippen LogP contribution >= 0.6 is 0 Å². The van der Waals surface area contributed by atoms with Crippen LogP contribution in [0.3, 0.4) is 0 Å². The zero-order valence-electron chi connectivity index (χ0n) is 13.0. The van der Waals surface area contributed by atoms with E-state index in [4.69, 9.17) is 5.73 Å². The van der Waals surface area contributed by atoms with Crippen molar-refractivity contribution in [3.63, 3.8) is 0 Å². The highest BCUT2D eigenvalue weighted by atomic mass is 16.2. The van der Waals surface area contributed by atoms with Crippen molar-refractivity contribution in [1.82, 2.24) is 10.2 Å². The predicted molar refractivity (Wildman–Crippen MR) is 82.5 cm³/mol. The minimum Gasteiger partial charge on any atom is -0.354 e. The number of likely N-dealkylation sites (tertiary alicyclic amines) is 1. The minimum absolute atomic E-state index is 0.0730. The summed E-state index contributed by atoms with van der Waals surface area (Å²) >= 11 is 0. The van der Waals surface area contributed by atoms with Gasteiger partial charge in [0.15, 0.2) is 0 Å². The lowest BCUT2D eigenvalue weighted by Gasteiger charge is -2.34. The molecule has 4 heteroatoms. The molecule has 2 aliphatic rings. The van der Waals surface area contributed by atoms with Gasteiger partial charge in [0, 0.05) is 19.1 Å². The van der Waals surface area contributed by atoms with E-state index in [-0.39, 0.29) is 5.91 Å². The van der Waals surface area contributed by atoms with Crippen molar-refractivity contribution in [2.45, 2.75) is 76.3 Å². The molecule has 0 aromatic rings. The number of rotatable bonds is 5. The molecule has 2 rings (SSSR count). The molecule has 1 saturated heterocycles. The molecule has 0 bridgehead atoms. The average Bonchev–Trinajstić information content (AvgIpc) is 2.46. The lowest BCUT2D eigenvalue weighted by molar-refractivity contribution is -0.127. The van der Waals surface area contributed by atoms with Crippen molar-refractivity contribution >= 4 is 5.91 Å². The maximum absolute atomic E-state index is 12.2. The zero-order valence-corrected chi connectivity index (χ0v) is 13.0. The van der Waals surface area contributed by atoms with Crippen LogP contribution in [0.5, 0.6) is 0 Å². The molecule has 116 valence electrons. The number of carbonyl (C=O) groups is 1. The van der Waals surface area contributed by atoms with Crippen LogP contribution in [0.1, 0.15) is 64.7 Å². The Morgan fingerprint density at radius 2 is 2.00 bits per heavy atom. The summed E-state index contributed by atoms with van der Waals surface area (Å²) in [5.74, 6) is 0.0730. The summed E-state index contributed by atoms with van der Waals surface area (Å²) < 4.78 is 0. The molecule has 20 heavy (non-hydrogen) atoms. The maximum Gasteiger partial charge on any atom is 0.240 e. The van der Waals surface area contributed by atoms with Crippen LogP contribution < -0.4 is 11.1 Å². The third-order valence-corrected chi connectivity index (χ3v) is 5.05. The summed E-state index contributed by atoms with van der Waals surface area (Å²) in [5, 5.41) is 3.06. The number of nitrogens with two attached hydrogens (primary N) is 1. The van der Waals surface area contributed by atoms with Gasteiger partial charge < -0.3 is 16.0 Å². The van der Waals surface area contributed by atoms with E-state index in [9.17, 15) is 4.79 Å². The quantitative estimate of drug-likeness (QED) is 0.758. The molecule has 1 saturated carbocycles. The largest absolute Gasteiger partial charge is 0.354 e. The fourth-order valence-electron chi connectivity index (χ4n) is 3.56. The third kappa shape index (κ3) is 4.19. The zero-order chi connectivity index (χ0) is 14.4. The van der Waals surface area contributed by atoms with Gasteiger partial charge in [0.1, 0.15) is 0 Å². The van der Waals surface area contributed by atoms with Gasteiger partial charge in [-0.3, -0.25) is 4.79 Å². The Labute approximate surface area is 123 Å². The highest BCUT2D eigenvalue weighted by molar-refractivity contribution is 5.86. The number of hydrogen-bond acceptors (Lipinski definition) is 3. The van der Waals surface area contributed by atoms with E-state index in [0.717, 1.165) is 45.2 Å². The van der Waals surface area contributed by atoms with Gasteiger partial charge in [0.05, 0.1) is 5.54 Å². The highest BCUT2D eigenvalue weighted by Gasteiger charge is 2.34. The van der Waals surface area contributed by atoms with Crippen molar-refractivity contribution < 1.29 is 4.79 Å². The van der Waals surface area contributed by atoms with Gasteiger partial charge in [0.25, 0.3) is 0 Å². The fraction of sp³-hybridized carbons (Fsp3) is 0.938. The second kappa shape index (κ2) is 7.41. The Bertz CT molecular complexity index is 313. The molecule has 1 atom stereocenters. The fourth-order valence-corrected chi connectivity index (χ4v) is 3.56. The molecule has 4 nitrogen and oxygen atoms in total. The molecule has 1 amide bonds. The van der Waals surface area contributed by atoms with Crippen molar-refractivity contribution in [3.05, 3.63) is 0 Å². The Balaban J connectivity index is 1.63. The standard InChI is InChI=1S/C16H31N3O/c1-14-8-3-6-12-19(14)13-7-11-18-15(20)16(17)9-4-2-5-10-16/h14H,2-13,17H2,1H3,(H,18,20). The number of amides is 1. The lowest BCUT2D eigenvalue weighted by atomic mass is 9.82. The monoisotopic (exact) mass is 281 g/mol. The second-order valence-corrected chi connectivity index (χ2v) is 6.71. The van der Waals surface area contributed by atoms with E-state index in [1.54, 1.807) is 0 Å². The van der Waals surface area contributed by atoms with Gasteiger partial charge in [0.2, 0.25) is 5.91 Å². The number of piperidine rings is 1. The Morgan fingerprint density at radius 3 is 2.70 bits per heavy atom. The number of nitrogens with one attached hydrogen (secondary N) is 1. The molecule has 0 spiro atoms. The van der Waals surface area contributed by atoms with E-state index < -0.39 is 5.54 Å². The minimum atomic E-state index is -0.587. The Hall–Kier alpha value is -0.610. The third-order valence-electron chi connectivity index (χ3n) is 5.05. The topological polar surface area (TPSA) is 58.4 Å². The first kappa shape index (κ1) is 15.8. The highest BCUT2D eigenvalue weighted by Crippen LogP contribution is 2.25. The predicted octanol–water partition coefficient (Wildman–Crippen LogP) is 2.03. The van der Waals surface area contributed by atoms with Gasteiger partial charge in [-0.15, -0.1) is 0 Å². The van der Waals surface area contributed by atoms with Gasteiger partial charge in [-0.05, 0) is 45.6 Å². The summed E-state index contributed by atoms with van der Waals surface area (Å²) in [6.07, 6.45) is 10.1. The van der Waals surface area contributed by atoms with Crippen LogP contribution in [-0.2, 0) is 4.79 Å². The van der Waals surface area contributed by atoms with E-state index in [2.05, 4.69) is 17.1 Å². The second-order valence-electron chi connectivity index (χ2n) is 6.71. The average molecular weight is 281 g/mol. The summed E-state index contributed by atoms with van der Waals surface area (Å²) in [5.41, 5.74) is 5.64. The van der Waals surface area contributed by atoms with Crippen LogP contribution in [0.2, 0.25) is 0 Å². The molecule has 3 N–H and O–H groups in total. The van der Waals surface area contributed by atoms with E-state index in [1.807, 2.05) is 0 Å².